The highest BCUT2D eigenvalue weighted by Crippen LogP contribution is 2.34. The van der Waals surface area contributed by atoms with Gasteiger partial charge in [-0.25, -0.2) is 13.2 Å². The second kappa shape index (κ2) is 6.58. The summed E-state index contributed by atoms with van der Waals surface area (Å²) < 4.78 is 46.3. The molecule has 0 saturated carbocycles. The molecule has 0 heterocycles. The maximum atomic E-state index is 13.9. The number of benzene rings is 2. The van der Waals surface area contributed by atoms with Gasteiger partial charge in [0.05, 0.1) is 12.5 Å². The van der Waals surface area contributed by atoms with Crippen LogP contribution >= 0.6 is 23.2 Å². The van der Waals surface area contributed by atoms with Crippen molar-refractivity contribution in [2.45, 2.75) is 11.8 Å². The predicted octanol–water partition coefficient (Wildman–Crippen LogP) is 5.29. The number of hydrogen-bond acceptors (Lipinski definition) is 1. The Morgan fingerprint density at radius 3 is 2.24 bits per heavy atom. The lowest BCUT2D eigenvalue weighted by Gasteiger charge is -2.14. The smallest absolute Gasteiger partial charge is 0.134 e. The molecule has 0 fully saturated rings. The van der Waals surface area contributed by atoms with E-state index in [1.807, 2.05) is 0 Å². The van der Waals surface area contributed by atoms with E-state index in [-0.39, 0.29) is 28.3 Å². The second-order valence-electron chi connectivity index (χ2n) is 4.38. The molecule has 0 spiro atoms. The Labute approximate surface area is 130 Å². The Hall–Kier alpha value is -1.39. The van der Waals surface area contributed by atoms with Gasteiger partial charge in [-0.05, 0) is 18.6 Å². The third-order valence-electron chi connectivity index (χ3n) is 3.05. The molecule has 0 bridgehead atoms. The van der Waals surface area contributed by atoms with E-state index in [9.17, 15) is 13.2 Å². The summed E-state index contributed by atoms with van der Waals surface area (Å²) in [5, 5.41) is -0.930. The van der Waals surface area contributed by atoms with E-state index >= 15 is 0 Å². The third-order valence-corrected chi connectivity index (χ3v) is 3.77. The first-order chi connectivity index (χ1) is 9.93. The average Bonchev–Trinajstić information content (AvgIpc) is 2.42. The van der Waals surface area contributed by atoms with Gasteiger partial charge >= 0.3 is 0 Å². The SMILES string of the molecule is COc1cc(F)c(C(Cl)Cc2c(F)cccc2Cl)c(F)c1. The summed E-state index contributed by atoms with van der Waals surface area (Å²) >= 11 is 11.9. The zero-order chi connectivity index (χ0) is 15.6. The van der Waals surface area contributed by atoms with Crippen LogP contribution in [0.25, 0.3) is 0 Å². The molecule has 0 aromatic heterocycles. The van der Waals surface area contributed by atoms with Gasteiger partial charge in [-0.2, -0.15) is 0 Å². The van der Waals surface area contributed by atoms with Crippen LogP contribution in [0.15, 0.2) is 30.3 Å². The molecule has 0 aliphatic rings. The molecule has 0 amide bonds. The van der Waals surface area contributed by atoms with Crippen molar-refractivity contribution in [2.75, 3.05) is 7.11 Å². The fraction of sp³-hybridized carbons (Fsp3) is 0.200. The molecule has 0 aliphatic carbocycles. The number of halogens is 5. The third kappa shape index (κ3) is 3.44. The summed E-state index contributed by atoms with van der Waals surface area (Å²) in [7, 11) is 1.30. The average molecular weight is 335 g/mol. The highest BCUT2D eigenvalue weighted by atomic mass is 35.5. The van der Waals surface area contributed by atoms with E-state index in [1.165, 1.54) is 25.3 Å². The number of ether oxygens (including phenoxy) is 1. The largest absolute Gasteiger partial charge is 0.497 e. The summed E-state index contributed by atoms with van der Waals surface area (Å²) in [6.45, 7) is 0. The van der Waals surface area contributed by atoms with Gasteiger partial charge < -0.3 is 4.74 Å². The van der Waals surface area contributed by atoms with E-state index in [1.54, 1.807) is 0 Å². The summed E-state index contributed by atoms with van der Waals surface area (Å²) in [6, 6.07) is 6.20. The first-order valence-corrected chi connectivity index (χ1v) is 6.85. The summed E-state index contributed by atoms with van der Waals surface area (Å²) in [5.74, 6) is -2.22. The Balaban J connectivity index is 2.35. The quantitative estimate of drug-likeness (QED) is 0.690. The number of rotatable bonds is 4. The van der Waals surface area contributed by atoms with Gasteiger partial charge in [0.2, 0.25) is 0 Å². The number of methoxy groups -OCH3 is 1. The van der Waals surface area contributed by atoms with Crippen molar-refractivity contribution >= 4 is 23.2 Å². The van der Waals surface area contributed by atoms with Gasteiger partial charge in [-0.15, -0.1) is 11.6 Å². The number of hydrogen-bond donors (Lipinski definition) is 0. The zero-order valence-corrected chi connectivity index (χ0v) is 12.5. The van der Waals surface area contributed by atoms with Crippen LogP contribution in [0.5, 0.6) is 5.75 Å². The van der Waals surface area contributed by atoms with Gasteiger partial charge in [-0.1, -0.05) is 17.7 Å². The molecule has 6 heteroatoms. The molecular formula is C15H11Cl2F3O. The minimum absolute atomic E-state index is 0.0431. The highest BCUT2D eigenvalue weighted by Gasteiger charge is 2.22. The molecular weight excluding hydrogens is 324 g/mol. The minimum atomic E-state index is -1.09. The normalized spacial score (nSPS) is 12.3. The molecule has 0 N–H and O–H groups in total. The molecule has 0 saturated heterocycles. The van der Waals surface area contributed by atoms with Crippen LogP contribution in [0.3, 0.4) is 0 Å². The lowest BCUT2D eigenvalue weighted by atomic mass is 10.0. The van der Waals surface area contributed by atoms with Gasteiger partial charge in [0.1, 0.15) is 23.2 Å². The van der Waals surface area contributed by atoms with E-state index < -0.39 is 22.8 Å². The first-order valence-electron chi connectivity index (χ1n) is 6.04. The Kier molecular flexibility index (Phi) is 5.01. The molecule has 1 nitrogen and oxygen atoms in total. The Morgan fingerprint density at radius 2 is 1.71 bits per heavy atom. The lowest BCUT2D eigenvalue weighted by Crippen LogP contribution is -2.05. The van der Waals surface area contributed by atoms with E-state index in [4.69, 9.17) is 27.9 Å². The van der Waals surface area contributed by atoms with Crippen molar-refractivity contribution in [2.24, 2.45) is 0 Å². The van der Waals surface area contributed by atoms with Crippen LogP contribution in [-0.2, 0) is 6.42 Å². The van der Waals surface area contributed by atoms with E-state index in [0.717, 1.165) is 12.1 Å². The molecule has 0 radical (unpaired) electrons. The van der Waals surface area contributed by atoms with Crippen molar-refractivity contribution in [3.05, 3.63) is 63.9 Å². The van der Waals surface area contributed by atoms with Crippen LogP contribution in [-0.4, -0.2) is 7.11 Å². The second-order valence-corrected chi connectivity index (χ2v) is 5.31. The van der Waals surface area contributed by atoms with Crippen LogP contribution in [0.4, 0.5) is 13.2 Å². The fourth-order valence-electron chi connectivity index (χ4n) is 1.99. The minimum Gasteiger partial charge on any atom is -0.497 e. The standard InChI is InChI=1S/C15H11Cl2F3O/c1-21-8-5-13(19)15(14(20)6-8)11(17)7-9-10(16)3-2-4-12(9)18/h2-6,11H,7H2,1H3. The van der Waals surface area contributed by atoms with E-state index in [0.29, 0.717) is 0 Å². The molecule has 112 valence electrons. The topological polar surface area (TPSA) is 9.23 Å². The van der Waals surface area contributed by atoms with Crippen molar-refractivity contribution in [1.29, 1.82) is 0 Å². The molecule has 2 aromatic rings. The molecule has 1 unspecified atom stereocenters. The maximum absolute atomic E-state index is 13.9. The predicted molar refractivity (Wildman–Crippen MR) is 76.6 cm³/mol. The van der Waals surface area contributed by atoms with E-state index in [2.05, 4.69) is 0 Å². The maximum Gasteiger partial charge on any atom is 0.134 e. The summed E-state index contributed by atoms with van der Waals surface area (Å²) in [5.41, 5.74) is -0.217. The van der Waals surface area contributed by atoms with Crippen molar-refractivity contribution in [3.8, 4) is 5.75 Å². The van der Waals surface area contributed by atoms with Gasteiger partial charge in [0, 0.05) is 28.3 Å². The van der Waals surface area contributed by atoms with Crippen LogP contribution in [0, 0.1) is 17.5 Å². The molecule has 2 aromatic carbocycles. The fourth-order valence-corrected chi connectivity index (χ4v) is 2.59. The molecule has 1 atom stereocenters. The van der Waals surface area contributed by atoms with Crippen molar-refractivity contribution in [3.63, 3.8) is 0 Å². The van der Waals surface area contributed by atoms with Crippen LogP contribution in [0.2, 0.25) is 5.02 Å². The highest BCUT2D eigenvalue weighted by molar-refractivity contribution is 6.31. The summed E-state index contributed by atoms with van der Waals surface area (Å²) in [4.78, 5) is 0. The molecule has 21 heavy (non-hydrogen) atoms. The monoisotopic (exact) mass is 334 g/mol. The van der Waals surface area contributed by atoms with Crippen molar-refractivity contribution in [1.82, 2.24) is 0 Å². The molecule has 2 rings (SSSR count). The zero-order valence-electron chi connectivity index (χ0n) is 11.0. The van der Waals surface area contributed by atoms with Gasteiger partial charge in [-0.3, -0.25) is 0 Å². The van der Waals surface area contributed by atoms with Crippen LogP contribution in [0.1, 0.15) is 16.5 Å². The van der Waals surface area contributed by atoms with Gasteiger partial charge in [0.15, 0.2) is 0 Å². The van der Waals surface area contributed by atoms with Crippen molar-refractivity contribution < 1.29 is 17.9 Å². The van der Waals surface area contributed by atoms with Crippen LogP contribution < -0.4 is 4.74 Å². The first kappa shape index (κ1) is 16.0. The van der Waals surface area contributed by atoms with Gasteiger partial charge in [0.25, 0.3) is 0 Å². The Bertz CT molecular complexity index is 618. The Morgan fingerprint density at radius 1 is 1.10 bits per heavy atom. The lowest BCUT2D eigenvalue weighted by molar-refractivity contribution is 0.405. The molecule has 0 aliphatic heterocycles. The summed E-state index contributed by atoms with van der Waals surface area (Å²) in [6.07, 6.45) is -0.132. The number of alkyl halides is 1.